The molecule has 1 unspecified atom stereocenters. The van der Waals surface area contributed by atoms with Gasteiger partial charge in [-0.05, 0) is 51.1 Å². The molecule has 2 rings (SSSR count). The Labute approximate surface area is 121 Å². The van der Waals surface area contributed by atoms with Gasteiger partial charge in [0.15, 0.2) is 0 Å². The lowest BCUT2D eigenvalue weighted by Gasteiger charge is -2.32. The number of hydrogen-bond acceptors (Lipinski definition) is 4. The van der Waals surface area contributed by atoms with Crippen LogP contribution in [-0.4, -0.2) is 39.0 Å². The summed E-state index contributed by atoms with van der Waals surface area (Å²) in [5.74, 6) is 0. The minimum Gasteiger partial charge on any atom is -0.399 e. The van der Waals surface area contributed by atoms with Crippen LogP contribution in [0.15, 0.2) is 29.2 Å². The van der Waals surface area contributed by atoms with Gasteiger partial charge < -0.3 is 5.73 Å². The van der Waals surface area contributed by atoms with Gasteiger partial charge in [0.1, 0.15) is 0 Å². The Balaban J connectivity index is 1.95. The van der Waals surface area contributed by atoms with Crippen molar-refractivity contribution in [3.63, 3.8) is 0 Å². The second-order valence-electron chi connectivity index (χ2n) is 5.37. The molecule has 1 saturated heterocycles. The summed E-state index contributed by atoms with van der Waals surface area (Å²) in [4.78, 5) is 2.56. The number of piperidine rings is 1. The Bertz CT molecular complexity index is 539. The van der Waals surface area contributed by atoms with Crippen LogP contribution in [0.2, 0.25) is 0 Å². The second-order valence-corrected chi connectivity index (χ2v) is 7.14. The number of sulfonamides is 1. The molecule has 0 radical (unpaired) electrons. The molecule has 0 amide bonds. The molecule has 6 heteroatoms. The summed E-state index contributed by atoms with van der Waals surface area (Å²) < 4.78 is 27.0. The third kappa shape index (κ3) is 3.94. The topological polar surface area (TPSA) is 75.4 Å². The molecule has 1 atom stereocenters. The van der Waals surface area contributed by atoms with Gasteiger partial charge in [0.05, 0.1) is 4.90 Å². The van der Waals surface area contributed by atoms with E-state index in [1.54, 1.807) is 18.2 Å². The van der Waals surface area contributed by atoms with Crippen molar-refractivity contribution in [2.45, 2.75) is 37.1 Å². The Morgan fingerprint density at radius 3 is 2.65 bits per heavy atom. The van der Waals surface area contributed by atoms with Crippen LogP contribution in [0, 0.1) is 0 Å². The maximum absolute atomic E-state index is 12.2. The number of nitrogens with one attached hydrogen (secondary N) is 1. The molecule has 0 aliphatic carbocycles. The molecule has 1 aliphatic rings. The zero-order valence-electron chi connectivity index (χ0n) is 11.9. The number of benzene rings is 1. The van der Waals surface area contributed by atoms with E-state index in [9.17, 15) is 8.42 Å². The maximum Gasteiger partial charge on any atom is 0.240 e. The zero-order chi connectivity index (χ0) is 14.6. The average molecular weight is 297 g/mol. The normalized spacial score (nSPS) is 18.9. The molecule has 0 saturated carbocycles. The summed E-state index contributed by atoms with van der Waals surface area (Å²) >= 11 is 0. The van der Waals surface area contributed by atoms with Crippen molar-refractivity contribution in [3.05, 3.63) is 24.3 Å². The number of likely N-dealkylation sites (tertiary alicyclic amines) is 1. The lowest BCUT2D eigenvalue weighted by atomic mass is 10.1. The van der Waals surface area contributed by atoms with Gasteiger partial charge in [0.25, 0.3) is 0 Å². The largest absolute Gasteiger partial charge is 0.399 e. The van der Waals surface area contributed by atoms with Crippen LogP contribution >= 0.6 is 0 Å². The first-order valence-electron chi connectivity index (χ1n) is 7.08. The van der Waals surface area contributed by atoms with E-state index in [4.69, 9.17) is 5.73 Å². The third-order valence-corrected chi connectivity index (χ3v) is 5.17. The number of rotatable bonds is 5. The summed E-state index contributed by atoms with van der Waals surface area (Å²) in [5, 5.41) is 0. The minimum absolute atomic E-state index is 0.214. The predicted octanol–water partition coefficient (Wildman–Crippen LogP) is 1.42. The standard InChI is InChI=1S/C14H23N3O2S/c1-12(17-8-3-2-4-9-17)11-16-20(18,19)14-7-5-6-13(15)10-14/h5-7,10,12,16H,2-4,8-9,11,15H2,1H3. The Kier molecular flexibility index (Phi) is 5.01. The monoisotopic (exact) mass is 297 g/mol. The third-order valence-electron chi connectivity index (χ3n) is 3.75. The highest BCUT2D eigenvalue weighted by molar-refractivity contribution is 7.89. The predicted molar refractivity (Wildman–Crippen MR) is 80.9 cm³/mol. The van der Waals surface area contributed by atoms with Crippen LogP contribution in [0.5, 0.6) is 0 Å². The van der Waals surface area contributed by atoms with E-state index in [1.165, 1.54) is 25.3 Å². The molecule has 5 nitrogen and oxygen atoms in total. The van der Waals surface area contributed by atoms with Crippen molar-refractivity contribution in [3.8, 4) is 0 Å². The fourth-order valence-corrected chi connectivity index (χ4v) is 3.66. The van der Waals surface area contributed by atoms with Gasteiger partial charge in [0.2, 0.25) is 10.0 Å². The van der Waals surface area contributed by atoms with E-state index >= 15 is 0 Å². The number of nitrogens with two attached hydrogens (primary N) is 1. The lowest BCUT2D eigenvalue weighted by Crippen LogP contribution is -2.44. The van der Waals surface area contributed by atoms with Crippen molar-refractivity contribution in [1.29, 1.82) is 0 Å². The smallest absolute Gasteiger partial charge is 0.240 e. The van der Waals surface area contributed by atoms with Gasteiger partial charge in [-0.2, -0.15) is 0 Å². The second kappa shape index (κ2) is 6.56. The molecule has 0 spiro atoms. The molecule has 1 fully saturated rings. The number of anilines is 1. The molecule has 0 aromatic heterocycles. The van der Waals surface area contributed by atoms with E-state index in [0.29, 0.717) is 12.2 Å². The maximum atomic E-state index is 12.2. The van der Waals surface area contributed by atoms with Gasteiger partial charge in [0, 0.05) is 18.3 Å². The first kappa shape index (κ1) is 15.3. The molecule has 0 bridgehead atoms. The van der Waals surface area contributed by atoms with Gasteiger partial charge >= 0.3 is 0 Å². The Hall–Kier alpha value is -1.11. The molecule has 20 heavy (non-hydrogen) atoms. The van der Waals surface area contributed by atoms with Crippen LogP contribution in [0.4, 0.5) is 5.69 Å². The molecular weight excluding hydrogens is 274 g/mol. The molecule has 1 heterocycles. The molecular formula is C14H23N3O2S. The van der Waals surface area contributed by atoms with Crippen molar-refractivity contribution in [2.24, 2.45) is 0 Å². The van der Waals surface area contributed by atoms with E-state index in [-0.39, 0.29) is 10.9 Å². The van der Waals surface area contributed by atoms with E-state index in [2.05, 4.69) is 16.5 Å². The van der Waals surface area contributed by atoms with Crippen molar-refractivity contribution < 1.29 is 8.42 Å². The van der Waals surface area contributed by atoms with E-state index in [1.807, 2.05) is 0 Å². The average Bonchev–Trinajstić information content (AvgIpc) is 2.46. The fraction of sp³-hybridized carbons (Fsp3) is 0.571. The van der Waals surface area contributed by atoms with Gasteiger partial charge in [-0.3, -0.25) is 4.90 Å². The van der Waals surface area contributed by atoms with Crippen LogP contribution in [0.1, 0.15) is 26.2 Å². The minimum atomic E-state index is -3.47. The quantitative estimate of drug-likeness (QED) is 0.806. The Morgan fingerprint density at radius 1 is 1.30 bits per heavy atom. The summed E-state index contributed by atoms with van der Waals surface area (Å²) in [5.41, 5.74) is 6.08. The van der Waals surface area contributed by atoms with E-state index < -0.39 is 10.0 Å². The Morgan fingerprint density at radius 2 is 2.00 bits per heavy atom. The highest BCUT2D eigenvalue weighted by atomic mass is 32.2. The molecule has 1 aliphatic heterocycles. The van der Waals surface area contributed by atoms with Crippen LogP contribution in [-0.2, 0) is 10.0 Å². The molecule has 112 valence electrons. The van der Waals surface area contributed by atoms with Crippen LogP contribution < -0.4 is 10.5 Å². The summed E-state index contributed by atoms with van der Waals surface area (Å²) in [7, 11) is -3.47. The van der Waals surface area contributed by atoms with Gasteiger partial charge in [-0.25, -0.2) is 13.1 Å². The number of nitrogen functional groups attached to an aromatic ring is 1. The lowest BCUT2D eigenvalue weighted by molar-refractivity contribution is 0.175. The highest BCUT2D eigenvalue weighted by Gasteiger charge is 2.20. The van der Waals surface area contributed by atoms with Gasteiger partial charge in [-0.1, -0.05) is 12.5 Å². The summed E-state index contributed by atoms with van der Waals surface area (Å²) in [6.45, 7) is 4.60. The highest BCUT2D eigenvalue weighted by Crippen LogP contribution is 2.14. The first-order valence-corrected chi connectivity index (χ1v) is 8.56. The molecule has 1 aromatic rings. The van der Waals surface area contributed by atoms with Crippen LogP contribution in [0.25, 0.3) is 0 Å². The first-order chi connectivity index (χ1) is 9.49. The summed E-state index contributed by atoms with van der Waals surface area (Å²) in [6, 6.07) is 6.58. The fourth-order valence-electron chi connectivity index (χ4n) is 2.48. The van der Waals surface area contributed by atoms with Crippen molar-refractivity contribution in [2.75, 3.05) is 25.4 Å². The van der Waals surface area contributed by atoms with Gasteiger partial charge in [-0.15, -0.1) is 0 Å². The molecule has 1 aromatic carbocycles. The molecule has 3 N–H and O–H groups in total. The number of hydrogen-bond donors (Lipinski definition) is 2. The number of nitrogens with zero attached hydrogens (tertiary/aromatic N) is 1. The van der Waals surface area contributed by atoms with Crippen molar-refractivity contribution >= 4 is 15.7 Å². The van der Waals surface area contributed by atoms with Crippen molar-refractivity contribution in [1.82, 2.24) is 9.62 Å². The SMILES string of the molecule is CC(CNS(=O)(=O)c1cccc(N)c1)N1CCCCC1. The van der Waals surface area contributed by atoms with Crippen LogP contribution in [0.3, 0.4) is 0 Å². The summed E-state index contributed by atoms with van der Waals surface area (Å²) in [6.07, 6.45) is 3.68. The van der Waals surface area contributed by atoms with E-state index in [0.717, 1.165) is 13.1 Å². The zero-order valence-corrected chi connectivity index (χ0v) is 12.7.